The molecule has 96 valence electrons. The highest BCUT2D eigenvalue weighted by Gasteiger charge is 2.08. The van der Waals surface area contributed by atoms with Crippen molar-refractivity contribution in [3.63, 3.8) is 0 Å². The first-order valence-corrected chi connectivity index (χ1v) is 6.71. The van der Waals surface area contributed by atoms with Crippen molar-refractivity contribution in [3.8, 4) is 0 Å². The zero-order chi connectivity index (χ0) is 12.2. The highest BCUT2D eigenvalue weighted by atomic mass is 16.1. The first-order chi connectivity index (χ1) is 7.74. The van der Waals surface area contributed by atoms with E-state index in [-0.39, 0.29) is 5.91 Å². The Bertz CT molecular complexity index is 171. The molecule has 0 radical (unpaired) electrons. The monoisotopic (exact) mass is 228 g/mol. The summed E-state index contributed by atoms with van der Waals surface area (Å²) in [6.07, 6.45) is 7.30. The summed E-state index contributed by atoms with van der Waals surface area (Å²) >= 11 is 0. The molecule has 0 aliphatic carbocycles. The van der Waals surface area contributed by atoms with Crippen LogP contribution in [-0.2, 0) is 4.79 Å². The van der Waals surface area contributed by atoms with E-state index in [1.807, 2.05) is 0 Å². The Balaban J connectivity index is 3.47. The van der Waals surface area contributed by atoms with E-state index < -0.39 is 0 Å². The van der Waals surface area contributed by atoms with E-state index in [1.54, 1.807) is 0 Å². The number of carbonyl (C=O) groups excluding carboxylic acids is 1. The number of hydrogen-bond donors (Lipinski definition) is 2. The van der Waals surface area contributed by atoms with Gasteiger partial charge in [0.05, 0.1) is 0 Å². The smallest absolute Gasteiger partial charge is 0.220 e. The fourth-order valence-electron chi connectivity index (χ4n) is 1.81. The molecule has 0 aliphatic heterocycles. The number of rotatable bonds is 10. The fraction of sp³-hybridized carbons (Fsp3) is 0.923. The lowest BCUT2D eigenvalue weighted by Crippen LogP contribution is -2.25. The average molecular weight is 228 g/mol. The molecule has 16 heavy (non-hydrogen) atoms. The number of amides is 1. The van der Waals surface area contributed by atoms with Crippen LogP contribution in [0.3, 0.4) is 0 Å². The maximum absolute atomic E-state index is 11.5. The number of nitrogens with one attached hydrogen (secondary N) is 1. The van der Waals surface area contributed by atoms with Gasteiger partial charge < -0.3 is 11.1 Å². The van der Waals surface area contributed by atoms with Gasteiger partial charge in [-0.3, -0.25) is 4.79 Å². The maximum Gasteiger partial charge on any atom is 0.220 e. The average Bonchev–Trinajstić information content (AvgIpc) is 2.30. The molecular weight excluding hydrogens is 200 g/mol. The number of unbranched alkanes of at least 4 members (excludes halogenated alkanes) is 2. The molecule has 0 aliphatic rings. The Labute approximate surface area is 100 Å². The van der Waals surface area contributed by atoms with Gasteiger partial charge in [0.2, 0.25) is 5.91 Å². The van der Waals surface area contributed by atoms with Gasteiger partial charge in [0.25, 0.3) is 0 Å². The molecule has 0 bridgehead atoms. The molecule has 1 atom stereocenters. The molecule has 1 amide bonds. The van der Waals surface area contributed by atoms with Crippen LogP contribution < -0.4 is 11.1 Å². The first-order valence-electron chi connectivity index (χ1n) is 6.71. The minimum absolute atomic E-state index is 0.201. The van der Waals surface area contributed by atoms with Crippen LogP contribution in [0, 0.1) is 5.92 Å². The number of carbonyl (C=O) groups is 1. The van der Waals surface area contributed by atoms with E-state index >= 15 is 0 Å². The van der Waals surface area contributed by atoms with Crippen LogP contribution in [0.1, 0.15) is 58.8 Å². The standard InChI is InChI=1S/C13H28N2O/c1-3-5-6-11-15-13(16)8-7-12(4-2)9-10-14/h12H,3-11,14H2,1-2H3,(H,15,16). The van der Waals surface area contributed by atoms with E-state index in [0.717, 1.165) is 38.8 Å². The van der Waals surface area contributed by atoms with E-state index in [9.17, 15) is 4.79 Å². The quantitative estimate of drug-likeness (QED) is 0.564. The van der Waals surface area contributed by atoms with Crippen molar-refractivity contribution in [1.29, 1.82) is 0 Å². The second-order valence-electron chi connectivity index (χ2n) is 4.45. The zero-order valence-electron chi connectivity index (χ0n) is 10.9. The lowest BCUT2D eigenvalue weighted by atomic mass is 9.96. The van der Waals surface area contributed by atoms with Gasteiger partial charge in [-0.2, -0.15) is 0 Å². The highest BCUT2D eigenvalue weighted by molar-refractivity contribution is 5.75. The van der Waals surface area contributed by atoms with Crippen LogP contribution in [0.25, 0.3) is 0 Å². The normalized spacial score (nSPS) is 12.4. The first kappa shape index (κ1) is 15.4. The Morgan fingerprint density at radius 1 is 1.25 bits per heavy atom. The summed E-state index contributed by atoms with van der Waals surface area (Å²) in [7, 11) is 0. The molecule has 0 rings (SSSR count). The van der Waals surface area contributed by atoms with Crippen LogP contribution in [-0.4, -0.2) is 19.0 Å². The summed E-state index contributed by atoms with van der Waals surface area (Å²) in [5, 5.41) is 2.97. The SMILES string of the molecule is CCCCCNC(=O)CCC(CC)CCN. The van der Waals surface area contributed by atoms with E-state index in [2.05, 4.69) is 19.2 Å². The summed E-state index contributed by atoms with van der Waals surface area (Å²) in [5.41, 5.74) is 5.52. The zero-order valence-corrected chi connectivity index (χ0v) is 10.9. The van der Waals surface area contributed by atoms with Gasteiger partial charge in [-0.25, -0.2) is 0 Å². The molecule has 0 aromatic rings. The van der Waals surface area contributed by atoms with Gasteiger partial charge in [-0.05, 0) is 31.7 Å². The van der Waals surface area contributed by atoms with Crippen LogP contribution >= 0.6 is 0 Å². The predicted octanol–water partition coefficient (Wildman–Crippen LogP) is 2.45. The van der Waals surface area contributed by atoms with Crippen molar-refractivity contribution in [2.45, 2.75) is 58.8 Å². The van der Waals surface area contributed by atoms with Crippen molar-refractivity contribution >= 4 is 5.91 Å². The van der Waals surface area contributed by atoms with Crippen molar-refractivity contribution in [3.05, 3.63) is 0 Å². The Morgan fingerprint density at radius 3 is 2.56 bits per heavy atom. The minimum atomic E-state index is 0.201. The van der Waals surface area contributed by atoms with Gasteiger partial charge in [0, 0.05) is 13.0 Å². The van der Waals surface area contributed by atoms with Crippen molar-refractivity contribution < 1.29 is 4.79 Å². The number of hydrogen-bond acceptors (Lipinski definition) is 2. The molecule has 0 spiro atoms. The summed E-state index contributed by atoms with van der Waals surface area (Å²) in [6, 6.07) is 0. The lowest BCUT2D eigenvalue weighted by Gasteiger charge is -2.13. The second-order valence-corrected chi connectivity index (χ2v) is 4.45. The fourth-order valence-corrected chi connectivity index (χ4v) is 1.81. The molecule has 0 saturated heterocycles. The molecule has 3 heteroatoms. The van der Waals surface area contributed by atoms with Gasteiger partial charge >= 0.3 is 0 Å². The lowest BCUT2D eigenvalue weighted by molar-refractivity contribution is -0.121. The summed E-state index contributed by atoms with van der Waals surface area (Å²) in [4.78, 5) is 11.5. The van der Waals surface area contributed by atoms with Crippen LogP contribution in [0.4, 0.5) is 0 Å². The highest BCUT2D eigenvalue weighted by Crippen LogP contribution is 2.14. The molecular formula is C13H28N2O. The largest absolute Gasteiger partial charge is 0.356 e. The Kier molecular flexibility index (Phi) is 10.5. The Morgan fingerprint density at radius 2 is 2.00 bits per heavy atom. The van der Waals surface area contributed by atoms with Gasteiger partial charge in [-0.15, -0.1) is 0 Å². The van der Waals surface area contributed by atoms with E-state index in [0.29, 0.717) is 12.3 Å². The predicted molar refractivity (Wildman–Crippen MR) is 69.2 cm³/mol. The summed E-state index contributed by atoms with van der Waals surface area (Å²) in [5.74, 6) is 0.818. The molecule has 3 nitrogen and oxygen atoms in total. The molecule has 0 heterocycles. The topological polar surface area (TPSA) is 55.1 Å². The summed E-state index contributed by atoms with van der Waals surface area (Å²) < 4.78 is 0. The third-order valence-corrected chi connectivity index (χ3v) is 3.03. The molecule has 1 unspecified atom stereocenters. The maximum atomic E-state index is 11.5. The Hall–Kier alpha value is -0.570. The second kappa shape index (κ2) is 10.9. The van der Waals surface area contributed by atoms with Crippen molar-refractivity contribution in [2.24, 2.45) is 11.7 Å². The third kappa shape index (κ3) is 8.72. The van der Waals surface area contributed by atoms with Gasteiger partial charge in [0.1, 0.15) is 0 Å². The molecule has 0 aromatic carbocycles. The van der Waals surface area contributed by atoms with Gasteiger partial charge in [0.15, 0.2) is 0 Å². The van der Waals surface area contributed by atoms with Crippen LogP contribution in [0.2, 0.25) is 0 Å². The third-order valence-electron chi connectivity index (χ3n) is 3.03. The van der Waals surface area contributed by atoms with E-state index in [1.165, 1.54) is 12.8 Å². The molecule has 3 N–H and O–H groups in total. The van der Waals surface area contributed by atoms with Crippen LogP contribution in [0.15, 0.2) is 0 Å². The van der Waals surface area contributed by atoms with E-state index in [4.69, 9.17) is 5.73 Å². The van der Waals surface area contributed by atoms with Crippen molar-refractivity contribution in [2.75, 3.05) is 13.1 Å². The molecule has 0 aromatic heterocycles. The van der Waals surface area contributed by atoms with Crippen LogP contribution in [0.5, 0.6) is 0 Å². The van der Waals surface area contributed by atoms with Gasteiger partial charge in [-0.1, -0.05) is 33.1 Å². The molecule has 0 saturated carbocycles. The minimum Gasteiger partial charge on any atom is -0.356 e. The summed E-state index contributed by atoms with van der Waals surface area (Å²) in [6.45, 7) is 5.90. The molecule has 0 fully saturated rings. The number of nitrogens with two attached hydrogens (primary N) is 1. The van der Waals surface area contributed by atoms with Crippen molar-refractivity contribution in [1.82, 2.24) is 5.32 Å².